The quantitative estimate of drug-likeness (QED) is 0.813. The Morgan fingerprint density at radius 2 is 1.38 bits per heavy atom. The van der Waals surface area contributed by atoms with Crippen molar-refractivity contribution in [2.24, 2.45) is 0 Å². The molecular weight excluding hydrogens is 326 g/mol. The molecule has 1 N–H and O–H groups in total. The number of methoxy groups -OCH3 is 3. The summed E-state index contributed by atoms with van der Waals surface area (Å²) in [5, 5.41) is 3.58. The van der Waals surface area contributed by atoms with Crippen LogP contribution in [0.5, 0.6) is 17.2 Å². The monoisotopic (exact) mass is 351 g/mol. The minimum Gasteiger partial charge on any atom is -0.496 e. The molecule has 0 fully saturated rings. The van der Waals surface area contributed by atoms with Crippen LogP contribution in [-0.2, 0) is 12.1 Å². The molecule has 0 unspecified atom stereocenters. The van der Waals surface area contributed by atoms with Gasteiger partial charge in [-0.1, -0.05) is 30.3 Å². The molecule has 132 valence electrons. The largest absolute Gasteiger partial charge is 0.496 e. The molecule has 24 heavy (non-hydrogen) atoms. The molecular formula is C19H26ClNO3. The van der Waals surface area contributed by atoms with Gasteiger partial charge < -0.3 is 19.5 Å². The average molecular weight is 352 g/mol. The van der Waals surface area contributed by atoms with Gasteiger partial charge in [-0.05, 0) is 25.5 Å². The van der Waals surface area contributed by atoms with Crippen LogP contribution in [0.3, 0.4) is 0 Å². The topological polar surface area (TPSA) is 39.7 Å². The molecule has 0 aliphatic heterocycles. The minimum absolute atomic E-state index is 0. The molecule has 2 rings (SSSR count). The van der Waals surface area contributed by atoms with E-state index < -0.39 is 0 Å². The summed E-state index contributed by atoms with van der Waals surface area (Å²) in [5.41, 5.74) is 2.10. The normalized spacial score (nSPS) is 10.7. The number of nitrogens with one attached hydrogen (secondary N) is 1. The summed E-state index contributed by atoms with van der Waals surface area (Å²) in [6.45, 7) is 4.98. The zero-order chi connectivity index (χ0) is 16.9. The van der Waals surface area contributed by atoms with E-state index in [0.29, 0.717) is 18.0 Å². The van der Waals surface area contributed by atoms with Gasteiger partial charge in [-0.25, -0.2) is 0 Å². The van der Waals surface area contributed by atoms with Crippen molar-refractivity contribution in [3.05, 3.63) is 53.6 Å². The highest BCUT2D eigenvalue weighted by Gasteiger charge is 2.20. The fourth-order valence-electron chi connectivity index (χ4n) is 2.50. The van der Waals surface area contributed by atoms with Crippen molar-refractivity contribution in [3.63, 3.8) is 0 Å². The first-order valence-electron chi connectivity index (χ1n) is 7.61. The van der Waals surface area contributed by atoms with Crippen LogP contribution in [0, 0.1) is 0 Å². The van der Waals surface area contributed by atoms with Crippen molar-refractivity contribution in [2.75, 3.05) is 21.3 Å². The third-order valence-corrected chi connectivity index (χ3v) is 4.00. The van der Waals surface area contributed by atoms with Gasteiger partial charge in [0, 0.05) is 23.7 Å². The highest BCUT2D eigenvalue weighted by molar-refractivity contribution is 5.85. The molecule has 0 amide bonds. The fourth-order valence-corrected chi connectivity index (χ4v) is 2.50. The molecule has 0 aromatic heterocycles. The van der Waals surface area contributed by atoms with E-state index >= 15 is 0 Å². The van der Waals surface area contributed by atoms with E-state index in [1.165, 1.54) is 5.56 Å². The lowest BCUT2D eigenvalue weighted by Crippen LogP contribution is -2.36. The van der Waals surface area contributed by atoms with E-state index in [0.717, 1.165) is 11.3 Å². The van der Waals surface area contributed by atoms with E-state index in [-0.39, 0.29) is 17.9 Å². The summed E-state index contributed by atoms with van der Waals surface area (Å²) in [5.74, 6) is 2.14. The molecule has 0 atom stereocenters. The van der Waals surface area contributed by atoms with Crippen LogP contribution in [0.25, 0.3) is 0 Å². The molecule has 0 bridgehead atoms. The summed E-state index contributed by atoms with van der Waals surface area (Å²) in [6, 6.07) is 14.2. The van der Waals surface area contributed by atoms with E-state index in [1.54, 1.807) is 21.3 Å². The molecule has 0 spiro atoms. The van der Waals surface area contributed by atoms with Crippen LogP contribution in [0.1, 0.15) is 25.0 Å². The van der Waals surface area contributed by atoms with Crippen LogP contribution in [0.15, 0.2) is 42.5 Å². The molecule has 0 heterocycles. The number of rotatable bonds is 7. The standard InChI is InChI=1S/C19H25NO3.ClH/c1-19(2,15-9-7-6-8-10-15)20-13-14-11-17(22-4)18(23-5)12-16(14)21-3;/h6-12,20H,13H2,1-5H3;1H. The third kappa shape index (κ3) is 4.56. The van der Waals surface area contributed by atoms with Gasteiger partial charge in [0.25, 0.3) is 0 Å². The summed E-state index contributed by atoms with van der Waals surface area (Å²) in [7, 11) is 4.91. The lowest BCUT2D eigenvalue weighted by atomic mass is 9.94. The Balaban J connectivity index is 0.00000288. The van der Waals surface area contributed by atoms with Gasteiger partial charge in [0.15, 0.2) is 11.5 Å². The maximum Gasteiger partial charge on any atom is 0.164 e. The lowest BCUT2D eigenvalue weighted by molar-refractivity contribution is 0.344. The second-order valence-electron chi connectivity index (χ2n) is 5.86. The third-order valence-electron chi connectivity index (χ3n) is 4.00. The zero-order valence-corrected chi connectivity index (χ0v) is 15.7. The van der Waals surface area contributed by atoms with Crippen molar-refractivity contribution in [1.82, 2.24) is 5.32 Å². The Kier molecular flexibility index (Phi) is 7.39. The molecule has 5 heteroatoms. The Morgan fingerprint density at radius 1 is 0.833 bits per heavy atom. The van der Waals surface area contributed by atoms with E-state index in [1.807, 2.05) is 18.2 Å². The maximum atomic E-state index is 5.48. The number of hydrogen-bond acceptors (Lipinski definition) is 4. The minimum atomic E-state index is -0.153. The number of ether oxygens (including phenoxy) is 3. The molecule has 0 saturated heterocycles. The first kappa shape index (κ1) is 20.1. The molecule has 0 saturated carbocycles. The Labute approximate surface area is 150 Å². The van der Waals surface area contributed by atoms with Gasteiger partial charge in [0.05, 0.1) is 21.3 Å². The predicted octanol–water partition coefficient (Wildman–Crippen LogP) is 4.16. The van der Waals surface area contributed by atoms with Gasteiger partial charge in [-0.15, -0.1) is 12.4 Å². The maximum absolute atomic E-state index is 5.48. The predicted molar refractivity (Wildman–Crippen MR) is 99.7 cm³/mol. The van der Waals surface area contributed by atoms with Gasteiger partial charge >= 0.3 is 0 Å². The summed E-state index contributed by atoms with van der Waals surface area (Å²) in [4.78, 5) is 0. The van der Waals surface area contributed by atoms with Gasteiger partial charge in [0.1, 0.15) is 5.75 Å². The van der Waals surface area contributed by atoms with Gasteiger partial charge in [0.2, 0.25) is 0 Å². The molecule has 2 aromatic rings. The second-order valence-corrected chi connectivity index (χ2v) is 5.86. The van der Waals surface area contributed by atoms with Crippen LogP contribution in [-0.4, -0.2) is 21.3 Å². The molecule has 0 aliphatic carbocycles. The van der Waals surface area contributed by atoms with Crippen molar-refractivity contribution in [1.29, 1.82) is 0 Å². The Morgan fingerprint density at radius 3 is 1.92 bits per heavy atom. The number of halogens is 1. The number of benzene rings is 2. The highest BCUT2D eigenvalue weighted by atomic mass is 35.5. The molecule has 2 aromatic carbocycles. The fraction of sp³-hybridized carbons (Fsp3) is 0.368. The van der Waals surface area contributed by atoms with E-state index in [2.05, 4.69) is 43.4 Å². The summed E-state index contributed by atoms with van der Waals surface area (Å²) in [6.07, 6.45) is 0. The van der Waals surface area contributed by atoms with Crippen LogP contribution >= 0.6 is 12.4 Å². The van der Waals surface area contributed by atoms with E-state index in [4.69, 9.17) is 14.2 Å². The Bertz CT molecular complexity index is 645. The lowest BCUT2D eigenvalue weighted by Gasteiger charge is -2.27. The smallest absolute Gasteiger partial charge is 0.164 e. The van der Waals surface area contributed by atoms with Crippen LogP contribution < -0.4 is 19.5 Å². The van der Waals surface area contributed by atoms with Gasteiger partial charge in [-0.2, -0.15) is 0 Å². The van der Waals surface area contributed by atoms with Crippen molar-refractivity contribution < 1.29 is 14.2 Å². The Hall–Kier alpha value is -1.91. The summed E-state index contributed by atoms with van der Waals surface area (Å²) >= 11 is 0. The average Bonchev–Trinajstić information content (AvgIpc) is 2.59. The molecule has 0 aliphatic rings. The molecule has 4 nitrogen and oxygen atoms in total. The number of hydrogen-bond donors (Lipinski definition) is 1. The van der Waals surface area contributed by atoms with E-state index in [9.17, 15) is 0 Å². The van der Waals surface area contributed by atoms with Crippen molar-refractivity contribution in [2.45, 2.75) is 25.9 Å². The highest BCUT2D eigenvalue weighted by Crippen LogP contribution is 2.35. The molecule has 0 radical (unpaired) electrons. The summed E-state index contributed by atoms with van der Waals surface area (Å²) < 4.78 is 16.2. The SMILES string of the molecule is COc1cc(OC)c(OC)cc1CNC(C)(C)c1ccccc1.Cl. The zero-order valence-electron chi connectivity index (χ0n) is 14.9. The second kappa shape index (κ2) is 8.81. The van der Waals surface area contributed by atoms with Crippen molar-refractivity contribution in [3.8, 4) is 17.2 Å². The van der Waals surface area contributed by atoms with Gasteiger partial charge in [-0.3, -0.25) is 0 Å². The van der Waals surface area contributed by atoms with Crippen molar-refractivity contribution >= 4 is 12.4 Å². The van der Waals surface area contributed by atoms with Crippen LogP contribution in [0.4, 0.5) is 0 Å². The first-order chi connectivity index (χ1) is 11.0. The first-order valence-corrected chi connectivity index (χ1v) is 7.61. The van der Waals surface area contributed by atoms with Crippen LogP contribution in [0.2, 0.25) is 0 Å².